The van der Waals surface area contributed by atoms with Crippen molar-refractivity contribution in [1.82, 2.24) is 14.9 Å². The first-order valence-corrected chi connectivity index (χ1v) is 7.07. The molecule has 1 N–H and O–H groups in total. The monoisotopic (exact) mass is 302 g/mol. The van der Waals surface area contributed by atoms with Crippen LogP contribution in [0.2, 0.25) is 5.02 Å². The Bertz CT molecular complexity index is 717. The number of aromatic nitrogens is 2. The van der Waals surface area contributed by atoms with Crippen LogP contribution in [0.5, 0.6) is 0 Å². The fraction of sp³-hybridized carbons (Fsp3) is 0.267. The highest BCUT2D eigenvalue weighted by Gasteiger charge is 2.24. The van der Waals surface area contributed by atoms with Gasteiger partial charge >= 0.3 is 0 Å². The van der Waals surface area contributed by atoms with Crippen LogP contribution in [-0.2, 0) is 6.42 Å². The number of carbonyl (C=O) groups excluding carboxylic acids is 1. The number of hydrogen-bond acceptors (Lipinski definition) is 4. The molecule has 1 aliphatic rings. The highest BCUT2D eigenvalue weighted by atomic mass is 35.5. The van der Waals surface area contributed by atoms with Gasteiger partial charge in [0, 0.05) is 13.6 Å². The van der Waals surface area contributed by atoms with Crippen molar-refractivity contribution in [3.63, 3.8) is 0 Å². The Labute approximate surface area is 128 Å². The van der Waals surface area contributed by atoms with Crippen LogP contribution in [0.4, 0.5) is 11.5 Å². The Morgan fingerprint density at radius 2 is 2.19 bits per heavy atom. The summed E-state index contributed by atoms with van der Waals surface area (Å²) in [6.07, 6.45) is 2.40. The van der Waals surface area contributed by atoms with E-state index in [0.717, 1.165) is 24.2 Å². The predicted molar refractivity (Wildman–Crippen MR) is 82.2 cm³/mol. The van der Waals surface area contributed by atoms with Crippen LogP contribution < -0.4 is 5.32 Å². The molecule has 0 saturated carbocycles. The van der Waals surface area contributed by atoms with Crippen molar-refractivity contribution in [3.05, 3.63) is 46.4 Å². The van der Waals surface area contributed by atoms with Gasteiger partial charge in [-0.15, -0.1) is 0 Å². The summed E-state index contributed by atoms with van der Waals surface area (Å²) in [4.78, 5) is 22.4. The average Bonchev–Trinajstić information content (AvgIpc) is 2.47. The lowest BCUT2D eigenvalue weighted by Gasteiger charge is -2.26. The van der Waals surface area contributed by atoms with Gasteiger partial charge in [-0.3, -0.25) is 4.79 Å². The molecule has 0 radical (unpaired) electrons. The average molecular weight is 303 g/mol. The summed E-state index contributed by atoms with van der Waals surface area (Å²) in [5, 5.41) is 3.59. The van der Waals surface area contributed by atoms with Crippen molar-refractivity contribution < 1.29 is 4.79 Å². The van der Waals surface area contributed by atoms with Crippen LogP contribution >= 0.6 is 11.6 Å². The number of nitrogens with zero attached hydrogens (tertiary/aromatic N) is 3. The van der Waals surface area contributed by atoms with Gasteiger partial charge in [0.05, 0.1) is 17.4 Å². The zero-order valence-corrected chi connectivity index (χ0v) is 12.6. The van der Waals surface area contributed by atoms with E-state index in [1.807, 2.05) is 25.2 Å². The first-order valence-electron chi connectivity index (χ1n) is 6.70. The van der Waals surface area contributed by atoms with Crippen LogP contribution in [-0.4, -0.2) is 34.4 Å². The van der Waals surface area contributed by atoms with Crippen molar-refractivity contribution in [2.24, 2.45) is 0 Å². The largest absolute Gasteiger partial charge is 0.341 e. The molecule has 5 nitrogen and oxygen atoms in total. The summed E-state index contributed by atoms with van der Waals surface area (Å²) in [6.45, 7) is 2.53. The zero-order chi connectivity index (χ0) is 15.0. The molecule has 2 aromatic rings. The molecular weight excluding hydrogens is 288 g/mol. The van der Waals surface area contributed by atoms with E-state index in [1.54, 1.807) is 18.0 Å². The number of anilines is 2. The fourth-order valence-electron chi connectivity index (χ4n) is 2.42. The van der Waals surface area contributed by atoms with Crippen molar-refractivity contribution >= 4 is 29.0 Å². The van der Waals surface area contributed by atoms with Crippen LogP contribution in [0, 0.1) is 6.92 Å². The third-order valence-corrected chi connectivity index (χ3v) is 3.82. The Morgan fingerprint density at radius 1 is 1.38 bits per heavy atom. The first kappa shape index (κ1) is 13.8. The van der Waals surface area contributed by atoms with Crippen molar-refractivity contribution in [2.75, 3.05) is 18.9 Å². The minimum atomic E-state index is 0.0150. The Balaban J connectivity index is 2.04. The van der Waals surface area contributed by atoms with E-state index in [2.05, 4.69) is 15.3 Å². The molecule has 108 valence electrons. The van der Waals surface area contributed by atoms with E-state index < -0.39 is 0 Å². The van der Waals surface area contributed by atoms with Gasteiger partial charge in [-0.2, -0.15) is 0 Å². The summed E-state index contributed by atoms with van der Waals surface area (Å²) < 4.78 is 0. The maximum Gasteiger partial charge on any atom is 0.255 e. The van der Waals surface area contributed by atoms with Gasteiger partial charge in [-0.25, -0.2) is 9.97 Å². The molecule has 0 spiro atoms. The third-order valence-electron chi connectivity index (χ3n) is 3.55. The Hall–Kier alpha value is -2.14. The molecule has 21 heavy (non-hydrogen) atoms. The first-order chi connectivity index (χ1) is 10.1. The second kappa shape index (κ2) is 5.33. The zero-order valence-electron chi connectivity index (χ0n) is 11.9. The number of fused-ring (bicyclic) bond motifs is 1. The number of carbonyl (C=O) groups is 1. The lowest BCUT2D eigenvalue weighted by molar-refractivity contribution is 0.0782. The number of likely N-dealkylation sites (N-methyl/N-ethyl adjacent to an activating group) is 1. The molecule has 0 fully saturated rings. The summed E-state index contributed by atoms with van der Waals surface area (Å²) in [6, 6.07) is 5.78. The standard InChI is InChI=1S/C15H15ClN4O/c1-9-17-8-11(16)14(18-9)19-12-5-3-4-10-6-7-20(2)15(21)13(10)12/h3-5,8H,6-7H2,1-2H3,(H,17,18,19). The number of halogens is 1. The topological polar surface area (TPSA) is 58.1 Å². The molecule has 0 bridgehead atoms. The lowest BCUT2D eigenvalue weighted by atomic mass is 9.97. The van der Waals surface area contributed by atoms with Gasteiger partial charge in [-0.05, 0) is 25.0 Å². The summed E-state index contributed by atoms with van der Waals surface area (Å²) in [7, 11) is 1.81. The van der Waals surface area contributed by atoms with E-state index in [9.17, 15) is 4.79 Å². The molecule has 1 amide bonds. The fourth-order valence-corrected chi connectivity index (χ4v) is 2.55. The number of aryl methyl sites for hydroxylation is 1. The second-order valence-corrected chi connectivity index (χ2v) is 5.46. The normalized spacial score (nSPS) is 14.0. The molecular formula is C15H15ClN4O. The number of hydrogen-bond donors (Lipinski definition) is 1. The molecule has 0 atom stereocenters. The van der Waals surface area contributed by atoms with Crippen molar-refractivity contribution in [3.8, 4) is 0 Å². The lowest BCUT2D eigenvalue weighted by Crippen LogP contribution is -2.34. The van der Waals surface area contributed by atoms with Gasteiger partial charge in [-0.1, -0.05) is 23.7 Å². The SMILES string of the molecule is Cc1ncc(Cl)c(Nc2cccc3c2C(=O)N(C)CC3)n1. The molecule has 1 aromatic carbocycles. The number of benzene rings is 1. The highest BCUT2D eigenvalue weighted by molar-refractivity contribution is 6.32. The minimum absolute atomic E-state index is 0.0150. The molecule has 6 heteroatoms. The van der Waals surface area contributed by atoms with Gasteiger partial charge in [0.25, 0.3) is 5.91 Å². The summed E-state index contributed by atoms with van der Waals surface area (Å²) in [5.74, 6) is 1.15. The van der Waals surface area contributed by atoms with E-state index in [-0.39, 0.29) is 5.91 Å². The van der Waals surface area contributed by atoms with Gasteiger partial charge in [0.15, 0.2) is 5.82 Å². The summed E-state index contributed by atoms with van der Waals surface area (Å²) in [5.41, 5.74) is 2.47. The highest BCUT2D eigenvalue weighted by Crippen LogP contribution is 2.29. The maximum atomic E-state index is 12.4. The molecule has 0 unspecified atom stereocenters. The van der Waals surface area contributed by atoms with E-state index >= 15 is 0 Å². The molecule has 0 aliphatic carbocycles. The van der Waals surface area contributed by atoms with Gasteiger partial charge < -0.3 is 10.2 Å². The van der Waals surface area contributed by atoms with Crippen LogP contribution in [0.15, 0.2) is 24.4 Å². The van der Waals surface area contributed by atoms with Gasteiger partial charge in [0.2, 0.25) is 0 Å². The second-order valence-electron chi connectivity index (χ2n) is 5.06. The Kier molecular flexibility index (Phi) is 3.51. The van der Waals surface area contributed by atoms with Crippen molar-refractivity contribution in [1.29, 1.82) is 0 Å². The quantitative estimate of drug-likeness (QED) is 0.927. The van der Waals surface area contributed by atoms with Crippen LogP contribution in [0.1, 0.15) is 21.7 Å². The predicted octanol–water partition coefficient (Wildman–Crippen LogP) is 2.81. The van der Waals surface area contributed by atoms with Gasteiger partial charge in [0.1, 0.15) is 10.8 Å². The smallest absolute Gasteiger partial charge is 0.255 e. The third kappa shape index (κ3) is 2.56. The Morgan fingerprint density at radius 3 is 3.00 bits per heavy atom. The summed E-state index contributed by atoms with van der Waals surface area (Å²) >= 11 is 6.11. The van der Waals surface area contributed by atoms with Crippen LogP contribution in [0.25, 0.3) is 0 Å². The molecule has 1 aromatic heterocycles. The molecule has 3 rings (SSSR count). The number of nitrogens with one attached hydrogen (secondary N) is 1. The number of amides is 1. The molecule has 0 saturated heterocycles. The van der Waals surface area contributed by atoms with E-state index in [0.29, 0.717) is 22.2 Å². The molecule has 2 heterocycles. The minimum Gasteiger partial charge on any atom is -0.341 e. The molecule has 1 aliphatic heterocycles. The van der Waals surface area contributed by atoms with Crippen LogP contribution in [0.3, 0.4) is 0 Å². The maximum absolute atomic E-state index is 12.4. The van der Waals surface area contributed by atoms with Crippen molar-refractivity contribution in [2.45, 2.75) is 13.3 Å². The van der Waals surface area contributed by atoms with E-state index in [1.165, 1.54) is 0 Å². The van der Waals surface area contributed by atoms with E-state index in [4.69, 9.17) is 11.6 Å². The number of rotatable bonds is 2.